The summed E-state index contributed by atoms with van der Waals surface area (Å²) in [5, 5.41) is 0. The van der Waals surface area contributed by atoms with E-state index in [1.807, 2.05) is 0 Å². The van der Waals surface area contributed by atoms with Crippen molar-refractivity contribution in [3.63, 3.8) is 0 Å². The molecule has 45 heavy (non-hydrogen) atoms. The molecule has 3 aromatic rings. The van der Waals surface area contributed by atoms with Crippen LogP contribution >= 0.6 is 0 Å². The van der Waals surface area contributed by atoms with Crippen molar-refractivity contribution in [2.45, 2.75) is 100 Å². The number of aryl methyl sites for hydroxylation is 1. The molecule has 1 heteroatoms. The molecule has 0 nitrogen and oxygen atoms in total. The summed E-state index contributed by atoms with van der Waals surface area (Å²) in [6.45, 7) is 26.9. The van der Waals surface area contributed by atoms with Gasteiger partial charge in [-0.1, -0.05) is 104 Å². The fourth-order valence-electron chi connectivity index (χ4n) is 7.59. The van der Waals surface area contributed by atoms with Crippen LogP contribution in [0.3, 0.4) is 0 Å². The van der Waals surface area contributed by atoms with Gasteiger partial charge in [0.05, 0.1) is 0 Å². The van der Waals surface area contributed by atoms with Crippen LogP contribution in [0.15, 0.2) is 71.8 Å². The first kappa shape index (κ1) is 33.7. The Hall–Kier alpha value is -2.63. The van der Waals surface area contributed by atoms with Crippen molar-refractivity contribution >= 4 is 14.9 Å². The second-order valence-corrected chi connectivity index (χ2v) is 16.4. The Labute approximate surface area is 288 Å². The van der Waals surface area contributed by atoms with Crippen LogP contribution in [0.1, 0.15) is 121 Å². The number of rotatable bonds is 1. The SMILES string of the molecule is CC1=[C-]C(C)(C)c2cc3c(cc21)-c1cc2c(cc1C3)C(C)(C)C=C2C.CC1=[C-]C(C)C=C1C(C)(C)C.Cc1ccc([CH]=[Zr+2])cc1. The summed E-state index contributed by atoms with van der Waals surface area (Å²) in [6.07, 6.45) is 12.8. The van der Waals surface area contributed by atoms with E-state index in [0.717, 1.165) is 6.42 Å². The van der Waals surface area contributed by atoms with Gasteiger partial charge in [0, 0.05) is 5.41 Å². The number of allylic oxidation sites excluding steroid dienone is 8. The van der Waals surface area contributed by atoms with Crippen LogP contribution in [-0.2, 0) is 41.5 Å². The van der Waals surface area contributed by atoms with Crippen LogP contribution < -0.4 is 0 Å². The standard InChI is InChI=1S/C25H25.C11H17.C8H8.Zr/c1-14-12-24(3,4)22-8-16-7-17-9-23-19(15(2)13-25(23,5)6)11-21(17)20(16)10-18(14)22;1-8-6-9(2)10(7-8)11(3,4)5;1-7-3-5-8(2)6-4-7;/h8-12H,7H2,1-6H3;7-8H,1-5H3;1,3-6H,2H3;/q2*-1;;+2. The van der Waals surface area contributed by atoms with E-state index < -0.39 is 0 Å². The van der Waals surface area contributed by atoms with Crippen LogP contribution in [0.2, 0.25) is 0 Å². The van der Waals surface area contributed by atoms with Gasteiger partial charge in [0.2, 0.25) is 0 Å². The van der Waals surface area contributed by atoms with Crippen LogP contribution in [0.25, 0.3) is 22.3 Å². The predicted octanol–water partition coefficient (Wildman–Crippen LogP) is 11.5. The number of hydrogen-bond acceptors (Lipinski definition) is 0. The molecule has 0 aliphatic heterocycles. The molecule has 0 bridgehead atoms. The molecule has 0 fully saturated rings. The zero-order valence-electron chi connectivity index (χ0n) is 29.6. The molecular formula is C44H50Zr. The molecule has 1 atom stereocenters. The van der Waals surface area contributed by atoms with E-state index in [0.29, 0.717) is 11.3 Å². The molecule has 0 heterocycles. The summed E-state index contributed by atoms with van der Waals surface area (Å²) < 4.78 is 2.19. The molecule has 1 unspecified atom stereocenters. The van der Waals surface area contributed by atoms with E-state index in [4.69, 9.17) is 0 Å². The Morgan fingerprint density at radius 3 is 1.87 bits per heavy atom. The Balaban J connectivity index is 0.000000165. The van der Waals surface area contributed by atoms with E-state index in [1.165, 1.54) is 102 Å². The molecule has 0 saturated carbocycles. The van der Waals surface area contributed by atoms with E-state index in [2.05, 4.69) is 160 Å². The number of fused-ring (bicyclic) bond motifs is 5. The summed E-state index contributed by atoms with van der Waals surface area (Å²) in [7, 11) is 0. The molecule has 0 spiro atoms. The Morgan fingerprint density at radius 1 is 0.778 bits per heavy atom. The van der Waals surface area contributed by atoms with Crippen LogP contribution in [0.5, 0.6) is 0 Å². The Kier molecular flexibility index (Phi) is 9.14. The summed E-state index contributed by atoms with van der Waals surface area (Å²) in [5.74, 6) is 0.518. The first-order chi connectivity index (χ1) is 20.9. The van der Waals surface area contributed by atoms with Crippen molar-refractivity contribution in [2.75, 3.05) is 0 Å². The zero-order chi connectivity index (χ0) is 33.1. The van der Waals surface area contributed by atoms with Gasteiger partial charge in [0.1, 0.15) is 0 Å². The molecule has 0 amide bonds. The molecule has 230 valence electrons. The third-order valence-corrected chi connectivity index (χ3v) is 10.6. The predicted molar refractivity (Wildman–Crippen MR) is 192 cm³/mol. The van der Waals surface area contributed by atoms with Gasteiger partial charge < -0.3 is 0 Å². The maximum atomic E-state index is 3.65. The second-order valence-electron chi connectivity index (χ2n) is 15.7. The Morgan fingerprint density at radius 2 is 1.36 bits per heavy atom. The van der Waals surface area contributed by atoms with Gasteiger partial charge in [-0.25, -0.2) is 11.1 Å². The summed E-state index contributed by atoms with van der Waals surface area (Å²) in [5.41, 5.74) is 20.3. The fourth-order valence-corrected chi connectivity index (χ4v) is 8.06. The van der Waals surface area contributed by atoms with Gasteiger partial charge in [-0.3, -0.25) is 12.2 Å². The molecule has 0 saturated heterocycles. The molecule has 0 radical (unpaired) electrons. The minimum absolute atomic E-state index is 0.0340. The molecule has 4 aliphatic rings. The van der Waals surface area contributed by atoms with Gasteiger partial charge in [-0.2, -0.15) is 17.2 Å². The fraction of sp³-hybridized carbons (Fsp3) is 0.386. The van der Waals surface area contributed by atoms with Gasteiger partial charge in [-0.05, 0) is 58.4 Å². The van der Waals surface area contributed by atoms with Crippen molar-refractivity contribution < 1.29 is 24.2 Å². The van der Waals surface area contributed by atoms with E-state index in [9.17, 15) is 0 Å². The topological polar surface area (TPSA) is 0 Å². The number of hydrogen-bond donors (Lipinski definition) is 0. The Bertz CT molecular complexity index is 1710. The molecule has 4 aliphatic carbocycles. The zero-order valence-corrected chi connectivity index (χ0v) is 32.1. The normalized spacial score (nSPS) is 19.4. The van der Waals surface area contributed by atoms with Gasteiger partial charge in [-0.15, -0.1) is 11.6 Å². The quantitative estimate of drug-likeness (QED) is 0.177. The monoisotopic (exact) mass is 668 g/mol. The maximum absolute atomic E-state index is 3.65. The first-order valence-corrected chi connectivity index (χ1v) is 17.9. The van der Waals surface area contributed by atoms with Crippen LogP contribution in [-0.4, -0.2) is 3.71 Å². The van der Waals surface area contributed by atoms with Crippen molar-refractivity contribution in [1.29, 1.82) is 0 Å². The van der Waals surface area contributed by atoms with Gasteiger partial charge >= 0.3 is 70.3 Å². The van der Waals surface area contributed by atoms with E-state index in [-0.39, 0.29) is 10.8 Å². The van der Waals surface area contributed by atoms with E-state index >= 15 is 0 Å². The summed E-state index contributed by atoms with van der Waals surface area (Å²) >= 11 is 1.47. The van der Waals surface area contributed by atoms with Gasteiger partial charge in [0.15, 0.2) is 0 Å². The average molecular weight is 670 g/mol. The van der Waals surface area contributed by atoms with E-state index in [1.54, 1.807) is 0 Å². The third kappa shape index (κ3) is 6.76. The molecule has 0 aromatic heterocycles. The molecule has 0 N–H and O–H groups in total. The molecular weight excluding hydrogens is 620 g/mol. The summed E-state index contributed by atoms with van der Waals surface area (Å²) in [4.78, 5) is 0. The third-order valence-electron chi connectivity index (χ3n) is 9.75. The summed E-state index contributed by atoms with van der Waals surface area (Å²) in [6, 6.07) is 18.4. The molecule has 7 rings (SSSR count). The second kappa shape index (κ2) is 12.2. The van der Waals surface area contributed by atoms with Crippen LogP contribution in [0, 0.1) is 30.4 Å². The average Bonchev–Trinajstić information content (AvgIpc) is 3.62. The molecule has 3 aromatic carbocycles. The van der Waals surface area contributed by atoms with Crippen molar-refractivity contribution in [3.05, 3.63) is 128 Å². The van der Waals surface area contributed by atoms with Crippen molar-refractivity contribution in [3.8, 4) is 11.1 Å². The minimum atomic E-state index is 0.0340. The van der Waals surface area contributed by atoms with Crippen molar-refractivity contribution in [1.82, 2.24) is 0 Å². The first-order valence-electron chi connectivity index (χ1n) is 16.5. The van der Waals surface area contributed by atoms with Crippen LogP contribution in [0.4, 0.5) is 0 Å². The van der Waals surface area contributed by atoms with Gasteiger partial charge in [0.25, 0.3) is 0 Å². The number of benzene rings is 3. The van der Waals surface area contributed by atoms with Crippen molar-refractivity contribution in [2.24, 2.45) is 11.3 Å².